The average molecular weight is 259 g/mol. The highest BCUT2D eigenvalue weighted by Crippen LogP contribution is 2.21. The summed E-state index contributed by atoms with van der Waals surface area (Å²) in [6, 6.07) is 7.60. The molecule has 1 aromatic heterocycles. The number of carbonyl (C=O) groups is 1. The minimum Gasteiger partial charge on any atom is -0.475 e. The molecule has 0 saturated heterocycles. The Balaban J connectivity index is 2.12. The van der Waals surface area contributed by atoms with E-state index in [1.54, 1.807) is 12.1 Å². The van der Waals surface area contributed by atoms with Crippen molar-refractivity contribution in [3.8, 4) is 0 Å². The number of aromatic carboxylic acids is 1. The Labute approximate surface area is 111 Å². The van der Waals surface area contributed by atoms with E-state index in [-0.39, 0.29) is 5.76 Å². The summed E-state index contributed by atoms with van der Waals surface area (Å²) in [6.45, 7) is 6.54. The number of carboxylic acids is 1. The molecule has 0 aliphatic rings. The zero-order valence-corrected chi connectivity index (χ0v) is 10.8. The summed E-state index contributed by atoms with van der Waals surface area (Å²) in [5, 5.41) is 13.1. The number of furan rings is 1. The minimum atomic E-state index is -1.05. The van der Waals surface area contributed by atoms with Crippen molar-refractivity contribution in [2.24, 2.45) is 0 Å². The summed E-state index contributed by atoms with van der Waals surface area (Å²) in [5.74, 6) is -1.07. The van der Waals surface area contributed by atoms with Crippen LogP contribution in [0.25, 0.3) is 11.0 Å². The first kappa shape index (κ1) is 13.4. The lowest BCUT2D eigenvalue weighted by Gasteiger charge is -2.11. The van der Waals surface area contributed by atoms with Gasteiger partial charge in [0.1, 0.15) is 5.58 Å². The van der Waals surface area contributed by atoms with Crippen molar-refractivity contribution < 1.29 is 14.3 Å². The molecule has 1 aromatic carbocycles. The highest BCUT2D eigenvalue weighted by Gasteiger charge is 2.10. The van der Waals surface area contributed by atoms with Crippen LogP contribution in [-0.4, -0.2) is 17.1 Å². The monoisotopic (exact) mass is 259 g/mol. The first-order chi connectivity index (χ1) is 9.10. The molecule has 0 amide bonds. The first-order valence-corrected chi connectivity index (χ1v) is 6.20. The van der Waals surface area contributed by atoms with Crippen molar-refractivity contribution in [1.29, 1.82) is 0 Å². The molecule has 100 valence electrons. The van der Waals surface area contributed by atoms with Gasteiger partial charge in [-0.3, -0.25) is 0 Å². The Morgan fingerprint density at radius 1 is 1.53 bits per heavy atom. The third-order valence-corrected chi connectivity index (χ3v) is 2.97. The lowest BCUT2D eigenvalue weighted by atomic mass is 10.1. The molecule has 1 unspecified atom stereocenters. The van der Waals surface area contributed by atoms with Crippen molar-refractivity contribution in [2.75, 3.05) is 0 Å². The predicted molar refractivity (Wildman–Crippen MR) is 74.3 cm³/mol. The zero-order valence-electron chi connectivity index (χ0n) is 10.8. The van der Waals surface area contributed by atoms with Crippen molar-refractivity contribution in [2.45, 2.75) is 25.9 Å². The summed E-state index contributed by atoms with van der Waals surface area (Å²) in [6.07, 6.45) is 2.80. The number of rotatable bonds is 6. The number of nitrogens with one attached hydrogen (secondary N) is 1. The second-order valence-electron chi connectivity index (χ2n) is 4.59. The molecular formula is C15H17NO3. The van der Waals surface area contributed by atoms with E-state index >= 15 is 0 Å². The molecule has 4 nitrogen and oxygen atoms in total. The summed E-state index contributed by atoms with van der Waals surface area (Å²) in [7, 11) is 0. The maximum Gasteiger partial charge on any atom is 0.371 e. The van der Waals surface area contributed by atoms with E-state index in [0.29, 0.717) is 11.6 Å². The van der Waals surface area contributed by atoms with E-state index in [1.807, 2.05) is 18.2 Å². The van der Waals surface area contributed by atoms with Gasteiger partial charge in [0.05, 0.1) is 0 Å². The van der Waals surface area contributed by atoms with Gasteiger partial charge in [-0.15, -0.1) is 6.58 Å². The Bertz CT molecular complexity index is 600. The molecule has 0 bridgehead atoms. The van der Waals surface area contributed by atoms with Crippen molar-refractivity contribution in [1.82, 2.24) is 5.32 Å². The Hall–Kier alpha value is -2.07. The molecule has 0 saturated carbocycles. The third-order valence-electron chi connectivity index (χ3n) is 2.97. The quantitative estimate of drug-likeness (QED) is 0.782. The van der Waals surface area contributed by atoms with Crippen LogP contribution in [-0.2, 0) is 6.54 Å². The molecule has 2 aromatic rings. The van der Waals surface area contributed by atoms with Gasteiger partial charge in [0, 0.05) is 18.0 Å². The molecule has 2 rings (SSSR count). The van der Waals surface area contributed by atoms with E-state index in [0.717, 1.165) is 23.9 Å². The standard InChI is InChI=1S/C15H17NO3/c1-3-4-10(2)16-9-11-5-6-13-12(7-11)8-14(19-13)15(17)18/h3,5-8,10,16H,1,4,9H2,2H3,(H,17,18). The number of carboxylic acid groups (broad SMARTS) is 1. The van der Waals surface area contributed by atoms with Crippen LogP contribution in [0.5, 0.6) is 0 Å². The van der Waals surface area contributed by atoms with Gasteiger partial charge in [-0.1, -0.05) is 12.1 Å². The van der Waals surface area contributed by atoms with Crippen LogP contribution in [0.15, 0.2) is 41.3 Å². The second-order valence-corrected chi connectivity index (χ2v) is 4.59. The Morgan fingerprint density at radius 3 is 3.00 bits per heavy atom. The fraction of sp³-hybridized carbons (Fsp3) is 0.267. The molecule has 0 aliphatic carbocycles. The molecular weight excluding hydrogens is 242 g/mol. The van der Waals surface area contributed by atoms with Crippen LogP contribution in [0.1, 0.15) is 29.5 Å². The van der Waals surface area contributed by atoms with Crippen LogP contribution in [0.4, 0.5) is 0 Å². The van der Waals surface area contributed by atoms with Gasteiger partial charge in [-0.2, -0.15) is 0 Å². The van der Waals surface area contributed by atoms with Crippen LogP contribution in [0.2, 0.25) is 0 Å². The fourth-order valence-corrected chi connectivity index (χ4v) is 1.93. The lowest BCUT2D eigenvalue weighted by molar-refractivity contribution is 0.0665. The summed E-state index contributed by atoms with van der Waals surface area (Å²) >= 11 is 0. The third kappa shape index (κ3) is 3.23. The number of hydrogen-bond acceptors (Lipinski definition) is 3. The fourth-order valence-electron chi connectivity index (χ4n) is 1.93. The van der Waals surface area contributed by atoms with Crippen molar-refractivity contribution >= 4 is 16.9 Å². The number of hydrogen-bond donors (Lipinski definition) is 2. The molecule has 1 heterocycles. The van der Waals surface area contributed by atoms with Gasteiger partial charge >= 0.3 is 5.97 Å². The minimum absolute atomic E-state index is 0.0277. The highest BCUT2D eigenvalue weighted by molar-refractivity contribution is 5.91. The van der Waals surface area contributed by atoms with E-state index < -0.39 is 5.97 Å². The normalized spacial score (nSPS) is 12.5. The summed E-state index contributed by atoms with van der Waals surface area (Å²) < 4.78 is 5.22. The smallest absolute Gasteiger partial charge is 0.371 e. The maximum atomic E-state index is 10.8. The molecule has 0 aliphatic heterocycles. The lowest BCUT2D eigenvalue weighted by Crippen LogP contribution is -2.24. The van der Waals surface area contributed by atoms with Crippen molar-refractivity contribution in [3.63, 3.8) is 0 Å². The van der Waals surface area contributed by atoms with E-state index in [2.05, 4.69) is 18.8 Å². The molecule has 19 heavy (non-hydrogen) atoms. The predicted octanol–water partition coefficient (Wildman–Crippen LogP) is 3.19. The molecule has 0 fully saturated rings. The van der Waals surface area contributed by atoms with Crippen LogP contribution in [0.3, 0.4) is 0 Å². The van der Waals surface area contributed by atoms with Crippen LogP contribution < -0.4 is 5.32 Å². The second kappa shape index (κ2) is 5.71. The zero-order chi connectivity index (χ0) is 13.8. The van der Waals surface area contributed by atoms with Gasteiger partial charge in [0.15, 0.2) is 0 Å². The Kier molecular flexibility index (Phi) is 4.02. The van der Waals surface area contributed by atoms with Gasteiger partial charge in [-0.05, 0) is 37.1 Å². The van der Waals surface area contributed by atoms with Crippen molar-refractivity contribution in [3.05, 3.63) is 48.2 Å². The van der Waals surface area contributed by atoms with Gasteiger partial charge in [0.2, 0.25) is 5.76 Å². The van der Waals surface area contributed by atoms with Crippen LogP contribution in [0, 0.1) is 0 Å². The SMILES string of the molecule is C=CCC(C)NCc1ccc2oc(C(=O)O)cc2c1. The van der Waals surface area contributed by atoms with Gasteiger partial charge < -0.3 is 14.8 Å². The molecule has 4 heteroatoms. The van der Waals surface area contributed by atoms with E-state index in [1.165, 1.54) is 0 Å². The Morgan fingerprint density at radius 2 is 2.32 bits per heavy atom. The van der Waals surface area contributed by atoms with Gasteiger partial charge in [-0.25, -0.2) is 4.79 Å². The number of benzene rings is 1. The van der Waals surface area contributed by atoms with E-state index in [4.69, 9.17) is 9.52 Å². The highest BCUT2D eigenvalue weighted by atomic mass is 16.4. The summed E-state index contributed by atoms with van der Waals surface area (Å²) in [5.41, 5.74) is 1.70. The van der Waals surface area contributed by atoms with E-state index in [9.17, 15) is 4.79 Å². The topological polar surface area (TPSA) is 62.5 Å². The van der Waals surface area contributed by atoms with Gasteiger partial charge in [0.25, 0.3) is 0 Å². The molecule has 0 spiro atoms. The average Bonchev–Trinajstić information content (AvgIpc) is 2.80. The first-order valence-electron chi connectivity index (χ1n) is 6.20. The summed E-state index contributed by atoms with van der Waals surface area (Å²) in [4.78, 5) is 10.8. The maximum absolute atomic E-state index is 10.8. The largest absolute Gasteiger partial charge is 0.475 e. The van der Waals surface area contributed by atoms with Crippen LogP contribution >= 0.6 is 0 Å². The molecule has 0 radical (unpaired) electrons. The molecule has 1 atom stereocenters. The molecule has 2 N–H and O–H groups in total. The number of fused-ring (bicyclic) bond motifs is 1.